The number of ether oxygens (including phenoxy) is 1. The smallest absolute Gasteiger partial charge is 0.413 e. The second kappa shape index (κ2) is 15.5. The van der Waals surface area contributed by atoms with Gasteiger partial charge < -0.3 is 20.7 Å². The lowest BCUT2D eigenvalue weighted by Crippen LogP contribution is -2.53. The topological polar surface area (TPSA) is 132 Å². The van der Waals surface area contributed by atoms with Crippen LogP contribution in [0.5, 0.6) is 0 Å². The lowest BCUT2D eigenvalue weighted by atomic mass is 9.86. The molecule has 216 valence electrons. The molecule has 41 heavy (non-hydrogen) atoms. The van der Waals surface area contributed by atoms with Gasteiger partial charge in [-0.05, 0) is 48.9 Å². The van der Waals surface area contributed by atoms with E-state index in [0.717, 1.165) is 24.1 Å². The van der Waals surface area contributed by atoms with Crippen molar-refractivity contribution in [1.82, 2.24) is 21.3 Å². The third-order valence-corrected chi connectivity index (χ3v) is 6.89. The first-order chi connectivity index (χ1) is 19.4. The number of carbonyl (C=O) groups is 3. The van der Waals surface area contributed by atoms with Gasteiger partial charge in [-0.15, -0.1) is 12.4 Å². The largest absolute Gasteiger partial charge is 0.444 e. The van der Waals surface area contributed by atoms with Gasteiger partial charge in [-0.25, -0.2) is 4.79 Å². The van der Waals surface area contributed by atoms with Crippen molar-refractivity contribution in [2.24, 2.45) is 0 Å². The summed E-state index contributed by atoms with van der Waals surface area (Å²) in [7, 11) is 0. The number of piperidine rings is 1. The predicted molar refractivity (Wildman–Crippen MR) is 160 cm³/mol. The molecule has 1 aliphatic rings. The Bertz CT molecular complexity index is 1310. The van der Waals surface area contributed by atoms with Crippen LogP contribution in [0, 0.1) is 5.41 Å². The number of hydrogen-bond donors (Lipinski definition) is 5. The maximum atomic E-state index is 12.8. The van der Waals surface area contributed by atoms with Crippen molar-refractivity contribution in [1.29, 1.82) is 5.41 Å². The standard InChI is InChI=1S/C31H35N5O4.ClH/c1-21(35-30(38)27-18-26(16-17-33-27)24-10-6-3-7-11-24)29(37)34-19-22-12-14-25(15-13-22)28(32)36-31(39)40-20-23-8-4-2-5-9-23;/h2-15,21,26-27,33H,16-20H2,1H3,(H,34,37)(H,35,38)(H2,32,36,39);1H/t21-,26-,27+;/m0./s1. The summed E-state index contributed by atoms with van der Waals surface area (Å²) in [5.74, 6) is -0.248. The number of amidine groups is 1. The van der Waals surface area contributed by atoms with Gasteiger partial charge >= 0.3 is 6.09 Å². The van der Waals surface area contributed by atoms with Crippen LogP contribution in [-0.4, -0.2) is 42.4 Å². The molecule has 4 rings (SSSR count). The van der Waals surface area contributed by atoms with Crippen LogP contribution in [0.4, 0.5) is 4.79 Å². The van der Waals surface area contributed by atoms with Crippen LogP contribution in [0.15, 0.2) is 84.9 Å². The fraction of sp³-hybridized carbons (Fsp3) is 0.290. The Morgan fingerprint density at radius 1 is 0.951 bits per heavy atom. The van der Waals surface area contributed by atoms with Gasteiger partial charge in [0.1, 0.15) is 18.5 Å². The molecular formula is C31H36ClN5O4. The molecule has 0 aromatic heterocycles. The Kier molecular flexibility index (Phi) is 11.9. The Morgan fingerprint density at radius 2 is 1.61 bits per heavy atom. The first-order valence-electron chi connectivity index (χ1n) is 13.4. The van der Waals surface area contributed by atoms with Crippen molar-refractivity contribution in [2.75, 3.05) is 6.54 Å². The fourth-order valence-corrected chi connectivity index (χ4v) is 4.59. The number of amides is 3. The van der Waals surface area contributed by atoms with Crippen molar-refractivity contribution in [3.63, 3.8) is 0 Å². The molecule has 1 saturated heterocycles. The molecule has 3 aromatic rings. The minimum absolute atomic E-state index is 0. The Hall–Kier alpha value is -4.21. The summed E-state index contributed by atoms with van der Waals surface area (Å²) in [5.41, 5.74) is 3.40. The van der Waals surface area contributed by atoms with Crippen molar-refractivity contribution >= 4 is 36.2 Å². The van der Waals surface area contributed by atoms with E-state index in [9.17, 15) is 14.4 Å². The lowest BCUT2D eigenvalue weighted by Gasteiger charge is -2.30. The molecule has 5 N–H and O–H groups in total. The average Bonchev–Trinajstić information content (AvgIpc) is 3.00. The number of rotatable bonds is 9. The van der Waals surface area contributed by atoms with E-state index in [1.54, 1.807) is 31.2 Å². The summed E-state index contributed by atoms with van der Waals surface area (Å²) in [6, 6.07) is 25.3. The number of alkyl carbamates (subject to hydrolysis) is 1. The van der Waals surface area contributed by atoms with Gasteiger partial charge in [-0.2, -0.15) is 0 Å². The van der Waals surface area contributed by atoms with E-state index in [4.69, 9.17) is 10.1 Å². The van der Waals surface area contributed by atoms with Crippen molar-refractivity contribution in [2.45, 2.75) is 50.9 Å². The van der Waals surface area contributed by atoms with Gasteiger partial charge in [0.15, 0.2) is 0 Å². The Balaban J connectivity index is 0.00000462. The summed E-state index contributed by atoms with van der Waals surface area (Å²) < 4.78 is 5.15. The molecule has 0 bridgehead atoms. The molecular weight excluding hydrogens is 542 g/mol. The van der Waals surface area contributed by atoms with Gasteiger partial charge in [-0.1, -0.05) is 84.9 Å². The molecule has 1 fully saturated rings. The van der Waals surface area contributed by atoms with Crippen LogP contribution in [0.25, 0.3) is 0 Å². The van der Waals surface area contributed by atoms with E-state index in [1.807, 2.05) is 48.5 Å². The quantitative estimate of drug-likeness (QED) is 0.194. The molecule has 1 heterocycles. The van der Waals surface area contributed by atoms with Crippen LogP contribution in [-0.2, 0) is 27.5 Å². The summed E-state index contributed by atoms with van der Waals surface area (Å²) >= 11 is 0. The minimum Gasteiger partial charge on any atom is -0.444 e. The number of hydrogen-bond acceptors (Lipinski definition) is 6. The normalized spacial score (nSPS) is 16.8. The predicted octanol–water partition coefficient (Wildman–Crippen LogP) is 4.02. The van der Waals surface area contributed by atoms with Gasteiger partial charge in [0.25, 0.3) is 0 Å². The zero-order chi connectivity index (χ0) is 28.3. The molecule has 3 aromatic carbocycles. The van der Waals surface area contributed by atoms with E-state index in [2.05, 4.69) is 33.4 Å². The maximum absolute atomic E-state index is 12.8. The monoisotopic (exact) mass is 577 g/mol. The molecule has 1 aliphatic heterocycles. The molecule has 0 radical (unpaired) electrons. The zero-order valence-corrected chi connectivity index (χ0v) is 23.7. The van der Waals surface area contributed by atoms with Crippen LogP contribution in [0.2, 0.25) is 0 Å². The van der Waals surface area contributed by atoms with Gasteiger partial charge in [-0.3, -0.25) is 20.3 Å². The molecule has 0 aliphatic carbocycles. The van der Waals surface area contributed by atoms with Crippen molar-refractivity contribution in [3.05, 3.63) is 107 Å². The van der Waals surface area contributed by atoms with Gasteiger partial charge in [0, 0.05) is 12.1 Å². The molecule has 0 spiro atoms. The van der Waals surface area contributed by atoms with Gasteiger partial charge in [0.2, 0.25) is 11.8 Å². The second-order valence-electron chi connectivity index (χ2n) is 9.85. The molecule has 3 amide bonds. The highest BCUT2D eigenvalue weighted by Gasteiger charge is 2.29. The third-order valence-electron chi connectivity index (χ3n) is 6.89. The fourth-order valence-electron chi connectivity index (χ4n) is 4.59. The number of carbonyl (C=O) groups excluding carboxylic acids is 3. The molecule has 3 atom stereocenters. The third kappa shape index (κ3) is 9.44. The zero-order valence-electron chi connectivity index (χ0n) is 22.9. The summed E-state index contributed by atoms with van der Waals surface area (Å²) in [6.45, 7) is 2.79. The van der Waals surface area contributed by atoms with Crippen LogP contribution in [0.1, 0.15) is 47.9 Å². The summed E-state index contributed by atoms with van der Waals surface area (Å²) in [5, 5.41) is 19.5. The minimum atomic E-state index is -0.708. The highest BCUT2D eigenvalue weighted by atomic mass is 35.5. The van der Waals surface area contributed by atoms with E-state index < -0.39 is 12.1 Å². The molecule has 0 unspecified atom stereocenters. The highest BCUT2D eigenvalue weighted by molar-refractivity contribution is 6.04. The van der Waals surface area contributed by atoms with Crippen molar-refractivity contribution in [3.8, 4) is 0 Å². The summed E-state index contributed by atoms with van der Waals surface area (Å²) in [4.78, 5) is 37.5. The second-order valence-corrected chi connectivity index (χ2v) is 9.85. The van der Waals surface area contributed by atoms with Crippen LogP contribution in [0.3, 0.4) is 0 Å². The Morgan fingerprint density at radius 3 is 2.29 bits per heavy atom. The SMILES string of the molecule is C[C@H](NC(=O)[C@H]1C[C@@H](c2ccccc2)CCN1)C(=O)NCc1ccc(C(=N)NC(=O)OCc2ccccc2)cc1.Cl. The van der Waals surface area contributed by atoms with Crippen molar-refractivity contribution < 1.29 is 19.1 Å². The number of benzene rings is 3. The average molecular weight is 578 g/mol. The molecule has 0 saturated carbocycles. The lowest BCUT2D eigenvalue weighted by molar-refractivity contribution is -0.130. The highest BCUT2D eigenvalue weighted by Crippen LogP contribution is 2.27. The first-order valence-corrected chi connectivity index (χ1v) is 13.4. The number of nitrogens with one attached hydrogen (secondary N) is 5. The molecule has 10 heteroatoms. The van der Waals surface area contributed by atoms with Crippen LogP contribution < -0.4 is 21.3 Å². The molecule has 9 nitrogen and oxygen atoms in total. The van der Waals surface area contributed by atoms with Gasteiger partial charge in [0.05, 0.1) is 6.04 Å². The van der Waals surface area contributed by atoms with E-state index in [-0.39, 0.29) is 49.3 Å². The Labute approximate surface area is 246 Å². The summed E-state index contributed by atoms with van der Waals surface area (Å²) in [6.07, 6.45) is 0.946. The maximum Gasteiger partial charge on any atom is 0.413 e. The van der Waals surface area contributed by atoms with E-state index in [0.29, 0.717) is 17.9 Å². The van der Waals surface area contributed by atoms with E-state index in [1.165, 1.54) is 5.56 Å². The first kappa shape index (κ1) is 31.3. The van der Waals surface area contributed by atoms with Crippen LogP contribution >= 0.6 is 12.4 Å². The van der Waals surface area contributed by atoms with E-state index >= 15 is 0 Å². The number of halogens is 1.